The lowest BCUT2D eigenvalue weighted by molar-refractivity contribution is -0.150. The molecule has 17 heavy (non-hydrogen) atoms. The lowest BCUT2D eigenvalue weighted by Gasteiger charge is -2.47. The van der Waals surface area contributed by atoms with E-state index in [4.69, 9.17) is 5.73 Å². The van der Waals surface area contributed by atoms with Crippen molar-refractivity contribution < 1.29 is 4.79 Å². The number of aryl methyl sites for hydroxylation is 1. The summed E-state index contributed by atoms with van der Waals surface area (Å²) < 4.78 is 0. The molecule has 1 saturated heterocycles. The van der Waals surface area contributed by atoms with Crippen LogP contribution in [0.1, 0.15) is 25.8 Å². The molecule has 2 N–H and O–H groups in total. The number of carbonyl (C=O) groups excluding carboxylic acids is 1. The minimum Gasteiger partial charge on any atom is -0.334 e. The smallest absolute Gasteiger partial charge is 0.241 e. The summed E-state index contributed by atoms with van der Waals surface area (Å²) in [6, 6.07) is 10.1. The molecule has 1 aromatic carbocycles. The summed E-state index contributed by atoms with van der Waals surface area (Å²) in [6.45, 7) is 4.92. The van der Waals surface area contributed by atoms with E-state index in [2.05, 4.69) is 26.0 Å². The van der Waals surface area contributed by atoms with Crippen LogP contribution < -0.4 is 5.73 Å². The van der Waals surface area contributed by atoms with Crippen LogP contribution in [0.3, 0.4) is 0 Å². The Morgan fingerprint density at radius 1 is 1.35 bits per heavy atom. The van der Waals surface area contributed by atoms with Crippen LogP contribution in [0, 0.1) is 0 Å². The molecule has 1 aliphatic heterocycles. The summed E-state index contributed by atoms with van der Waals surface area (Å²) in [5.74, 6) is 0.0862. The highest BCUT2D eigenvalue weighted by molar-refractivity contribution is 5.88. The number of nitrogens with two attached hydrogens (primary N) is 1. The van der Waals surface area contributed by atoms with Gasteiger partial charge in [-0.25, -0.2) is 0 Å². The van der Waals surface area contributed by atoms with Crippen LogP contribution in [-0.4, -0.2) is 28.9 Å². The van der Waals surface area contributed by atoms with Gasteiger partial charge in [0.2, 0.25) is 5.91 Å². The summed E-state index contributed by atoms with van der Waals surface area (Å²) in [6.07, 6.45) is 1.96. The highest BCUT2D eigenvalue weighted by Gasteiger charge is 2.42. The second-order valence-electron chi connectivity index (χ2n) is 5.35. The lowest BCUT2D eigenvalue weighted by atomic mass is 9.89. The molecule has 1 unspecified atom stereocenters. The Kier molecular flexibility index (Phi) is 3.20. The Labute approximate surface area is 103 Å². The van der Waals surface area contributed by atoms with Gasteiger partial charge in [0.05, 0.1) is 0 Å². The van der Waals surface area contributed by atoms with Crippen molar-refractivity contribution in [1.82, 2.24) is 4.90 Å². The third-order valence-electron chi connectivity index (χ3n) is 3.56. The maximum Gasteiger partial charge on any atom is 0.241 e. The summed E-state index contributed by atoms with van der Waals surface area (Å²) >= 11 is 0. The van der Waals surface area contributed by atoms with Crippen molar-refractivity contribution in [3.05, 3.63) is 35.9 Å². The van der Waals surface area contributed by atoms with E-state index in [1.54, 1.807) is 0 Å². The Hall–Kier alpha value is -1.35. The van der Waals surface area contributed by atoms with Crippen LogP contribution in [0.5, 0.6) is 0 Å². The number of amides is 1. The minimum absolute atomic E-state index is 0.0862. The van der Waals surface area contributed by atoms with Gasteiger partial charge in [0, 0.05) is 12.1 Å². The van der Waals surface area contributed by atoms with E-state index >= 15 is 0 Å². The van der Waals surface area contributed by atoms with Crippen LogP contribution in [0.25, 0.3) is 0 Å². The van der Waals surface area contributed by atoms with Gasteiger partial charge in [-0.1, -0.05) is 30.3 Å². The van der Waals surface area contributed by atoms with Crippen molar-refractivity contribution in [2.75, 3.05) is 6.54 Å². The van der Waals surface area contributed by atoms with E-state index in [0.717, 1.165) is 12.8 Å². The van der Waals surface area contributed by atoms with Crippen molar-refractivity contribution in [3.63, 3.8) is 0 Å². The van der Waals surface area contributed by atoms with Gasteiger partial charge in [-0.3, -0.25) is 4.79 Å². The van der Waals surface area contributed by atoms with Crippen LogP contribution >= 0.6 is 0 Å². The normalized spacial score (nSPS) is 20.3. The van der Waals surface area contributed by atoms with Gasteiger partial charge < -0.3 is 10.6 Å². The summed E-state index contributed by atoms with van der Waals surface area (Å²) in [5, 5.41) is 0. The van der Waals surface area contributed by atoms with Gasteiger partial charge in [0.15, 0.2) is 0 Å². The SMILES string of the molecule is CC(C)(CCc1ccccc1)N1CC(N)C1=O. The molecule has 1 heterocycles. The van der Waals surface area contributed by atoms with Crippen molar-refractivity contribution in [2.45, 2.75) is 38.3 Å². The third-order valence-corrected chi connectivity index (χ3v) is 3.56. The number of carbonyl (C=O) groups is 1. The molecule has 1 aliphatic rings. The fraction of sp³-hybridized carbons (Fsp3) is 0.500. The van der Waals surface area contributed by atoms with Crippen molar-refractivity contribution >= 4 is 5.91 Å². The number of hydrogen-bond donors (Lipinski definition) is 1. The van der Waals surface area contributed by atoms with Crippen molar-refractivity contribution in [2.24, 2.45) is 5.73 Å². The molecular formula is C14H20N2O. The molecule has 3 nitrogen and oxygen atoms in total. The first-order valence-corrected chi connectivity index (χ1v) is 6.12. The summed E-state index contributed by atoms with van der Waals surface area (Å²) in [4.78, 5) is 13.5. The van der Waals surface area contributed by atoms with Crippen LogP contribution in [0.4, 0.5) is 0 Å². The number of likely N-dealkylation sites (tertiary alicyclic amines) is 1. The number of hydrogen-bond acceptors (Lipinski definition) is 2. The van der Waals surface area contributed by atoms with E-state index < -0.39 is 0 Å². The monoisotopic (exact) mass is 232 g/mol. The number of benzene rings is 1. The van der Waals surface area contributed by atoms with E-state index in [1.165, 1.54) is 5.56 Å². The molecule has 92 valence electrons. The molecule has 0 saturated carbocycles. The van der Waals surface area contributed by atoms with Crippen LogP contribution in [0.2, 0.25) is 0 Å². The molecule has 1 fully saturated rings. The zero-order valence-electron chi connectivity index (χ0n) is 10.5. The average molecular weight is 232 g/mol. The molecule has 3 heteroatoms. The summed E-state index contributed by atoms with van der Waals surface area (Å²) in [7, 11) is 0. The Bertz CT molecular complexity index is 400. The molecule has 2 rings (SSSR count). The Morgan fingerprint density at radius 2 is 2.00 bits per heavy atom. The molecule has 1 atom stereocenters. The van der Waals surface area contributed by atoms with Gasteiger partial charge >= 0.3 is 0 Å². The highest BCUT2D eigenvalue weighted by Crippen LogP contribution is 2.26. The third kappa shape index (κ3) is 2.50. The van der Waals surface area contributed by atoms with Crippen molar-refractivity contribution in [3.8, 4) is 0 Å². The predicted molar refractivity (Wildman–Crippen MR) is 68.5 cm³/mol. The van der Waals surface area contributed by atoms with Gasteiger partial charge in [-0.2, -0.15) is 0 Å². The largest absolute Gasteiger partial charge is 0.334 e. The molecule has 0 bridgehead atoms. The average Bonchev–Trinajstić information content (AvgIpc) is 2.34. The Morgan fingerprint density at radius 3 is 2.53 bits per heavy atom. The standard InChI is InChI=1S/C14H20N2O/c1-14(2,16-10-12(15)13(16)17)9-8-11-6-4-3-5-7-11/h3-7,12H,8-10,15H2,1-2H3. The molecule has 0 spiro atoms. The fourth-order valence-corrected chi connectivity index (χ4v) is 2.23. The number of β-lactam (4-membered cyclic amide) rings is 1. The maximum absolute atomic E-state index is 11.6. The zero-order chi connectivity index (χ0) is 12.5. The Balaban J connectivity index is 1.92. The second kappa shape index (κ2) is 4.49. The van der Waals surface area contributed by atoms with E-state index in [-0.39, 0.29) is 17.5 Å². The quantitative estimate of drug-likeness (QED) is 0.801. The van der Waals surface area contributed by atoms with Crippen LogP contribution in [0.15, 0.2) is 30.3 Å². The van der Waals surface area contributed by atoms with Gasteiger partial charge in [-0.05, 0) is 32.3 Å². The number of nitrogens with zero attached hydrogens (tertiary/aromatic N) is 1. The first-order chi connectivity index (χ1) is 8.00. The van der Waals surface area contributed by atoms with Gasteiger partial charge in [0.1, 0.15) is 6.04 Å². The van der Waals surface area contributed by atoms with E-state index in [1.807, 2.05) is 23.1 Å². The lowest BCUT2D eigenvalue weighted by Crippen LogP contribution is -2.67. The maximum atomic E-state index is 11.6. The van der Waals surface area contributed by atoms with Crippen molar-refractivity contribution in [1.29, 1.82) is 0 Å². The molecule has 1 amide bonds. The fourth-order valence-electron chi connectivity index (χ4n) is 2.23. The molecule has 0 radical (unpaired) electrons. The van der Waals surface area contributed by atoms with Gasteiger partial charge in [-0.15, -0.1) is 0 Å². The first-order valence-electron chi connectivity index (χ1n) is 6.12. The first kappa shape index (κ1) is 12.1. The minimum atomic E-state index is -0.272. The zero-order valence-corrected chi connectivity index (χ0v) is 10.5. The van der Waals surface area contributed by atoms with Gasteiger partial charge in [0.25, 0.3) is 0 Å². The van der Waals surface area contributed by atoms with E-state index in [9.17, 15) is 4.79 Å². The van der Waals surface area contributed by atoms with E-state index in [0.29, 0.717) is 6.54 Å². The second-order valence-corrected chi connectivity index (χ2v) is 5.35. The molecule has 0 aliphatic carbocycles. The predicted octanol–water partition coefficient (Wildman–Crippen LogP) is 1.57. The number of rotatable bonds is 4. The molecular weight excluding hydrogens is 212 g/mol. The molecule has 1 aromatic rings. The molecule has 0 aromatic heterocycles. The van der Waals surface area contributed by atoms with Crippen LogP contribution in [-0.2, 0) is 11.2 Å². The summed E-state index contributed by atoms with van der Waals surface area (Å²) in [5.41, 5.74) is 6.85. The topological polar surface area (TPSA) is 46.3 Å². The highest BCUT2D eigenvalue weighted by atomic mass is 16.2.